The van der Waals surface area contributed by atoms with Gasteiger partial charge in [-0.3, -0.25) is 0 Å². The maximum atomic E-state index is 2.55. The monoisotopic (exact) mass is 319 g/mol. The SMILES string of the molecule is CCN(CC)CCC[CH]([GeH3])CCCN(CC)CC.[H-]. The predicted molar refractivity (Wildman–Crippen MR) is 88.8 cm³/mol. The Morgan fingerprint density at radius 1 is 0.778 bits per heavy atom. The Morgan fingerprint density at radius 2 is 1.11 bits per heavy atom. The number of hydrogen-bond acceptors (Lipinski definition) is 2. The molecule has 0 amide bonds. The molecule has 0 unspecified atom stereocenters. The predicted octanol–water partition coefficient (Wildman–Crippen LogP) is 2.50. The summed E-state index contributed by atoms with van der Waals surface area (Å²) in [7, 11) is 0. The van der Waals surface area contributed by atoms with Crippen molar-refractivity contribution in [2.75, 3.05) is 39.3 Å². The van der Waals surface area contributed by atoms with Crippen LogP contribution in [0.5, 0.6) is 0 Å². The minimum Gasteiger partial charge on any atom is -1.00 e. The van der Waals surface area contributed by atoms with Crippen molar-refractivity contribution in [2.45, 2.75) is 58.1 Å². The fourth-order valence-electron chi connectivity index (χ4n) is 2.55. The first-order chi connectivity index (χ1) is 8.67. The molecule has 0 aromatic carbocycles. The van der Waals surface area contributed by atoms with Gasteiger partial charge in [-0.2, -0.15) is 0 Å². The molecule has 0 heterocycles. The largest absolute Gasteiger partial charge is 1.00 e. The van der Waals surface area contributed by atoms with Crippen LogP contribution in [0.15, 0.2) is 0 Å². The van der Waals surface area contributed by atoms with Crippen molar-refractivity contribution in [3.63, 3.8) is 0 Å². The Bertz CT molecular complexity index is 156. The maximum absolute atomic E-state index is 2.55. The molecule has 0 aliphatic rings. The molecule has 0 aliphatic heterocycles. The van der Waals surface area contributed by atoms with E-state index in [0.717, 1.165) is 21.3 Å². The van der Waals surface area contributed by atoms with Gasteiger partial charge in [0.1, 0.15) is 0 Å². The van der Waals surface area contributed by atoms with Crippen molar-refractivity contribution in [1.82, 2.24) is 9.80 Å². The molecule has 0 saturated carbocycles. The van der Waals surface area contributed by atoms with Crippen molar-refractivity contribution < 1.29 is 1.43 Å². The summed E-state index contributed by atoms with van der Waals surface area (Å²) in [6, 6.07) is 0. The second kappa shape index (κ2) is 12.5. The summed E-state index contributed by atoms with van der Waals surface area (Å²) in [6.45, 7) is 16.6. The third kappa shape index (κ3) is 9.40. The zero-order valence-corrected chi connectivity index (χ0v) is 17.7. The number of rotatable bonds is 12. The molecule has 0 spiro atoms. The second-order valence-electron chi connectivity index (χ2n) is 5.44. The molecule has 18 heavy (non-hydrogen) atoms. The summed E-state index contributed by atoms with van der Waals surface area (Å²) in [5, 5.41) is 0. The Kier molecular flexibility index (Phi) is 12.8. The second-order valence-corrected chi connectivity index (χ2v) is 8.87. The quantitative estimate of drug-likeness (QED) is 0.510. The van der Waals surface area contributed by atoms with E-state index in [1.165, 1.54) is 65.0 Å². The molecule has 2 nitrogen and oxygen atoms in total. The number of nitrogens with zero attached hydrogens (tertiary/aromatic N) is 2. The smallest absolute Gasteiger partial charge is 1.00 e. The van der Waals surface area contributed by atoms with E-state index in [1.54, 1.807) is 0 Å². The first-order valence-electron chi connectivity index (χ1n) is 8.12. The van der Waals surface area contributed by atoms with Gasteiger partial charge in [0.2, 0.25) is 0 Å². The fraction of sp³-hybridized carbons (Fsp3) is 1.00. The van der Waals surface area contributed by atoms with Crippen LogP contribution in [0.4, 0.5) is 0 Å². The van der Waals surface area contributed by atoms with Crippen molar-refractivity contribution in [3.8, 4) is 0 Å². The van der Waals surface area contributed by atoms with Crippen LogP contribution in [0.3, 0.4) is 0 Å². The van der Waals surface area contributed by atoms with Crippen molar-refractivity contribution in [2.24, 2.45) is 0 Å². The Labute approximate surface area is 125 Å². The Hall–Kier alpha value is 0.463. The molecule has 0 bridgehead atoms. The molecule has 0 aromatic heterocycles. The summed E-state index contributed by atoms with van der Waals surface area (Å²) >= 11 is 1.01. The van der Waals surface area contributed by atoms with E-state index in [4.69, 9.17) is 0 Å². The van der Waals surface area contributed by atoms with Gasteiger partial charge in [-0.1, -0.05) is 0 Å². The average Bonchev–Trinajstić information content (AvgIpc) is 2.40. The average molecular weight is 318 g/mol. The normalized spacial score (nSPS) is 12.2. The van der Waals surface area contributed by atoms with E-state index in [1.807, 2.05) is 0 Å². The first-order valence-corrected chi connectivity index (χ1v) is 10.5. The van der Waals surface area contributed by atoms with Gasteiger partial charge in [-0.15, -0.1) is 0 Å². The van der Waals surface area contributed by atoms with E-state index in [9.17, 15) is 0 Å². The summed E-state index contributed by atoms with van der Waals surface area (Å²) < 4.78 is 1.09. The topological polar surface area (TPSA) is 6.48 Å². The van der Waals surface area contributed by atoms with Crippen LogP contribution in [-0.4, -0.2) is 65.6 Å². The van der Waals surface area contributed by atoms with Crippen LogP contribution in [0, 0.1) is 0 Å². The Morgan fingerprint density at radius 3 is 1.39 bits per heavy atom. The molecule has 0 rings (SSSR count). The van der Waals surface area contributed by atoms with Gasteiger partial charge in [0.15, 0.2) is 0 Å². The van der Waals surface area contributed by atoms with Crippen molar-refractivity contribution in [3.05, 3.63) is 0 Å². The van der Waals surface area contributed by atoms with E-state index in [-0.39, 0.29) is 1.43 Å². The van der Waals surface area contributed by atoms with Gasteiger partial charge in [0, 0.05) is 0 Å². The van der Waals surface area contributed by atoms with Gasteiger partial charge >= 0.3 is 124 Å². The maximum Gasteiger partial charge on any atom is -1.00 e. The minimum absolute atomic E-state index is 0. The van der Waals surface area contributed by atoms with Gasteiger partial charge < -0.3 is 1.43 Å². The molecule has 0 radical (unpaired) electrons. The van der Waals surface area contributed by atoms with Crippen LogP contribution in [0.2, 0.25) is 4.75 Å². The third-order valence-corrected chi connectivity index (χ3v) is 6.55. The summed E-state index contributed by atoms with van der Waals surface area (Å²) in [6.07, 6.45) is 5.79. The van der Waals surface area contributed by atoms with Crippen LogP contribution in [-0.2, 0) is 0 Å². The number of hydrogen-bond donors (Lipinski definition) is 0. The molecule has 0 atom stereocenters. The van der Waals surface area contributed by atoms with E-state index < -0.39 is 0 Å². The van der Waals surface area contributed by atoms with Gasteiger partial charge in [-0.05, 0) is 0 Å². The molecular formula is C15H37GeN2-. The van der Waals surface area contributed by atoms with Crippen LogP contribution in [0.25, 0.3) is 0 Å². The minimum atomic E-state index is 0. The van der Waals surface area contributed by atoms with Crippen molar-refractivity contribution in [1.29, 1.82) is 0 Å². The van der Waals surface area contributed by atoms with E-state index in [0.29, 0.717) is 0 Å². The van der Waals surface area contributed by atoms with E-state index in [2.05, 4.69) is 37.5 Å². The molecule has 112 valence electrons. The molecule has 0 fully saturated rings. The molecule has 0 aromatic rings. The van der Waals surface area contributed by atoms with Gasteiger partial charge in [0.05, 0.1) is 0 Å². The summed E-state index contributed by atoms with van der Waals surface area (Å²) in [5.74, 6) is 0. The molecular weight excluding hydrogens is 281 g/mol. The standard InChI is InChI=1S/C15H36GeN2.H/c1-5-17(6-2)13-9-11-15(16)12-10-14-18(7-3)8-4;/h15H,5-14H2,1-4,16H3;/q;-1. The van der Waals surface area contributed by atoms with Crippen LogP contribution >= 0.6 is 0 Å². The zero-order chi connectivity index (χ0) is 13.8. The van der Waals surface area contributed by atoms with Gasteiger partial charge in [0.25, 0.3) is 0 Å². The van der Waals surface area contributed by atoms with E-state index >= 15 is 0 Å². The third-order valence-electron chi connectivity index (χ3n) is 4.13. The fourth-order valence-corrected chi connectivity index (χ4v) is 4.26. The molecule has 0 saturated heterocycles. The Balaban J connectivity index is 0. The molecule has 3 heteroatoms. The summed E-state index contributed by atoms with van der Waals surface area (Å²) in [5.41, 5.74) is 0. The van der Waals surface area contributed by atoms with Crippen LogP contribution < -0.4 is 0 Å². The van der Waals surface area contributed by atoms with Crippen LogP contribution in [0.1, 0.15) is 54.8 Å². The van der Waals surface area contributed by atoms with Crippen molar-refractivity contribution >= 4 is 16.5 Å². The molecule has 0 aliphatic carbocycles. The zero-order valence-electron chi connectivity index (χ0n) is 14.5. The van der Waals surface area contributed by atoms with Gasteiger partial charge in [-0.25, -0.2) is 0 Å². The molecule has 0 N–H and O–H groups in total. The first kappa shape index (κ1) is 18.5. The summed E-state index contributed by atoms with van der Waals surface area (Å²) in [4.78, 5) is 5.10.